The number of hydrogen-bond acceptors (Lipinski definition) is 4. The maximum atomic E-state index is 13.6. The van der Waals surface area contributed by atoms with Gasteiger partial charge in [-0.25, -0.2) is 22.2 Å². The fourth-order valence-electron chi connectivity index (χ4n) is 1.54. The molecule has 1 aromatic heterocycles. The van der Waals surface area contributed by atoms with Gasteiger partial charge in [-0.15, -0.1) is 0 Å². The second kappa shape index (κ2) is 5.04. The Kier molecular flexibility index (Phi) is 3.58. The number of nitrogen functional groups attached to an aromatic ring is 1. The molecule has 106 valence electrons. The van der Waals surface area contributed by atoms with Gasteiger partial charge in [-0.2, -0.15) is 0 Å². The highest BCUT2D eigenvalue weighted by atomic mass is 32.2. The summed E-state index contributed by atoms with van der Waals surface area (Å²) >= 11 is 0. The van der Waals surface area contributed by atoms with E-state index in [-0.39, 0.29) is 5.82 Å². The average Bonchev–Trinajstić information content (AvgIpc) is 2.33. The minimum Gasteiger partial charge on any atom is -0.396 e. The molecule has 0 radical (unpaired) electrons. The number of halogens is 2. The number of nitrogens with two attached hydrogens (primary N) is 1. The molecule has 3 N–H and O–H groups in total. The zero-order valence-corrected chi connectivity index (χ0v) is 11.2. The van der Waals surface area contributed by atoms with Gasteiger partial charge in [0.2, 0.25) is 0 Å². The first-order chi connectivity index (χ1) is 9.29. The van der Waals surface area contributed by atoms with Gasteiger partial charge in [0.15, 0.2) is 0 Å². The summed E-state index contributed by atoms with van der Waals surface area (Å²) in [6, 6.07) is 5.83. The van der Waals surface area contributed by atoms with Crippen LogP contribution in [0.5, 0.6) is 0 Å². The van der Waals surface area contributed by atoms with E-state index in [0.717, 1.165) is 6.07 Å². The first kappa shape index (κ1) is 14.2. The van der Waals surface area contributed by atoms with Crippen LogP contribution in [0.25, 0.3) is 0 Å². The van der Waals surface area contributed by atoms with Gasteiger partial charge in [-0.3, -0.25) is 4.72 Å². The van der Waals surface area contributed by atoms with E-state index >= 15 is 0 Å². The Morgan fingerprint density at radius 1 is 1.20 bits per heavy atom. The third-order valence-corrected chi connectivity index (χ3v) is 3.84. The van der Waals surface area contributed by atoms with Crippen molar-refractivity contribution in [3.63, 3.8) is 0 Å². The Hall–Kier alpha value is -2.22. The van der Waals surface area contributed by atoms with Crippen molar-refractivity contribution in [1.82, 2.24) is 4.98 Å². The molecule has 0 spiro atoms. The predicted octanol–water partition coefficient (Wildman–Crippen LogP) is 2.05. The molecule has 0 unspecified atom stereocenters. The van der Waals surface area contributed by atoms with E-state index in [9.17, 15) is 17.2 Å². The van der Waals surface area contributed by atoms with E-state index in [1.165, 1.54) is 6.07 Å². The van der Waals surface area contributed by atoms with E-state index in [0.29, 0.717) is 11.8 Å². The number of pyridine rings is 1. The highest BCUT2D eigenvalue weighted by Crippen LogP contribution is 2.22. The highest BCUT2D eigenvalue weighted by Gasteiger charge is 2.21. The van der Waals surface area contributed by atoms with Gasteiger partial charge in [0, 0.05) is 11.8 Å². The number of nitrogens with zero attached hydrogens (tertiary/aromatic N) is 1. The Bertz CT molecular complexity index is 763. The lowest BCUT2D eigenvalue weighted by atomic mass is 10.3. The maximum absolute atomic E-state index is 13.6. The lowest BCUT2D eigenvalue weighted by Gasteiger charge is -2.09. The number of aryl methyl sites for hydroxylation is 1. The van der Waals surface area contributed by atoms with Crippen molar-refractivity contribution >= 4 is 21.5 Å². The lowest BCUT2D eigenvalue weighted by molar-refractivity contribution is 0.553. The van der Waals surface area contributed by atoms with Gasteiger partial charge >= 0.3 is 0 Å². The average molecular weight is 299 g/mol. The van der Waals surface area contributed by atoms with Crippen LogP contribution >= 0.6 is 0 Å². The SMILES string of the molecule is Cc1cccc(NS(=O)(=O)c2cc(N)c(F)cc2F)n1. The van der Waals surface area contributed by atoms with E-state index in [4.69, 9.17) is 5.73 Å². The van der Waals surface area contributed by atoms with E-state index in [1.807, 2.05) is 0 Å². The zero-order chi connectivity index (χ0) is 14.9. The second-order valence-electron chi connectivity index (χ2n) is 4.07. The number of rotatable bonds is 3. The lowest BCUT2D eigenvalue weighted by Crippen LogP contribution is -2.16. The van der Waals surface area contributed by atoms with Crippen LogP contribution in [-0.2, 0) is 10.0 Å². The number of hydrogen-bond donors (Lipinski definition) is 2. The van der Waals surface area contributed by atoms with Gasteiger partial charge in [0.25, 0.3) is 10.0 Å². The van der Waals surface area contributed by atoms with Crippen LogP contribution in [0.1, 0.15) is 5.69 Å². The molecule has 8 heteroatoms. The summed E-state index contributed by atoms with van der Waals surface area (Å²) < 4.78 is 52.8. The van der Waals surface area contributed by atoms with E-state index in [1.54, 1.807) is 19.1 Å². The minimum atomic E-state index is -4.23. The van der Waals surface area contributed by atoms with Crippen LogP contribution in [0.2, 0.25) is 0 Å². The van der Waals surface area contributed by atoms with Gasteiger partial charge in [0.1, 0.15) is 22.3 Å². The van der Waals surface area contributed by atoms with Gasteiger partial charge in [-0.1, -0.05) is 6.07 Å². The molecule has 2 rings (SSSR count). The summed E-state index contributed by atoms with van der Waals surface area (Å²) in [5.74, 6) is -2.21. The molecule has 0 atom stereocenters. The van der Waals surface area contributed by atoms with Crippen molar-refractivity contribution in [3.8, 4) is 0 Å². The highest BCUT2D eigenvalue weighted by molar-refractivity contribution is 7.92. The zero-order valence-electron chi connectivity index (χ0n) is 10.4. The molecule has 5 nitrogen and oxygen atoms in total. The Balaban J connectivity index is 2.43. The van der Waals surface area contributed by atoms with Gasteiger partial charge in [0.05, 0.1) is 5.69 Å². The summed E-state index contributed by atoms with van der Waals surface area (Å²) in [6.45, 7) is 1.67. The third-order valence-electron chi connectivity index (χ3n) is 2.47. The van der Waals surface area contributed by atoms with E-state index < -0.39 is 32.2 Å². The normalized spacial score (nSPS) is 11.3. The molecule has 1 heterocycles. The molecule has 0 fully saturated rings. The molecular weight excluding hydrogens is 288 g/mol. The van der Waals surface area contributed by atoms with Crippen molar-refractivity contribution in [2.45, 2.75) is 11.8 Å². The summed E-state index contributed by atoms with van der Waals surface area (Å²) in [5, 5.41) is 0. The van der Waals surface area contributed by atoms with Gasteiger partial charge in [-0.05, 0) is 25.1 Å². The Labute approximate surface area is 114 Å². The van der Waals surface area contributed by atoms with Crippen molar-refractivity contribution in [1.29, 1.82) is 0 Å². The first-order valence-electron chi connectivity index (χ1n) is 5.50. The molecule has 0 bridgehead atoms. The summed E-state index contributed by atoms with van der Waals surface area (Å²) in [6.07, 6.45) is 0. The molecule has 1 aromatic carbocycles. The summed E-state index contributed by atoms with van der Waals surface area (Å²) in [7, 11) is -4.23. The van der Waals surface area contributed by atoms with Crippen LogP contribution < -0.4 is 10.5 Å². The number of benzene rings is 1. The molecule has 0 aliphatic carbocycles. The molecule has 0 amide bonds. The van der Waals surface area contributed by atoms with Crippen molar-refractivity contribution in [2.24, 2.45) is 0 Å². The fraction of sp³-hybridized carbons (Fsp3) is 0.0833. The van der Waals surface area contributed by atoms with Crippen molar-refractivity contribution in [3.05, 3.63) is 47.7 Å². The second-order valence-corrected chi connectivity index (χ2v) is 5.72. The Morgan fingerprint density at radius 3 is 2.55 bits per heavy atom. The number of anilines is 2. The van der Waals surface area contributed by atoms with Crippen LogP contribution in [0.3, 0.4) is 0 Å². The van der Waals surface area contributed by atoms with Crippen molar-refractivity contribution in [2.75, 3.05) is 10.5 Å². The molecule has 2 aromatic rings. The monoisotopic (exact) mass is 299 g/mol. The maximum Gasteiger partial charge on any atom is 0.266 e. The van der Waals surface area contributed by atoms with Crippen molar-refractivity contribution < 1.29 is 17.2 Å². The third kappa shape index (κ3) is 2.85. The quantitative estimate of drug-likeness (QED) is 0.849. The first-order valence-corrected chi connectivity index (χ1v) is 6.99. The largest absolute Gasteiger partial charge is 0.396 e. The molecule has 0 saturated heterocycles. The van der Waals surface area contributed by atoms with Crippen LogP contribution in [0.4, 0.5) is 20.3 Å². The van der Waals surface area contributed by atoms with Crippen LogP contribution in [0, 0.1) is 18.6 Å². The smallest absolute Gasteiger partial charge is 0.266 e. The summed E-state index contributed by atoms with van der Waals surface area (Å²) in [5.41, 5.74) is 5.39. The molecule has 20 heavy (non-hydrogen) atoms. The summed E-state index contributed by atoms with van der Waals surface area (Å²) in [4.78, 5) is 3.20. The standard InChI is InChI=1S/C12H11F2N3O2S/c1-7-3-2-4-12(16-7)17-20(18,19)11-6-10(15)8(13)5-9(11)14/h2-6H,15H2,1H3,(H,16,17). The number of nitrogens with one attached hydrogen (secondary N) is 1. The van der Waals surface area contributed by atoms with Gasteiger partial charge < -0.3 is 5.73 Å². The Morgan fingerprint density at radius 2 is 1.90 bits per heavy atom. The molecule has 0 saturated carbocycles. The van der Waals surface area contributed by atoms with Crippen LogP contribution in [0.15, 0.2) is 35.2 Å². The fourth-order valence-corrected chi connectivity index (χ4v) is 2.64. The van der Waals surface area contributed by atoms with E-state index in [2.05, 4.69) is 9.71 Å². The molecule has 0 aliphatic rings. The minimum absolute atomic E-state index is 0.0345. The van der Waals surface area contributed by atoms with Crippen LogP contribution in [-0.4, -0.2) is 13.4 Å². The molecule has 0 aliphatic heterocycles. The predicted molar refractivity (Wildman–Crippen MR) is 70.6 cm³/mol. The molecular formula is C12H11F2N3O2S. The number of sulfonamides is 1. The topological polar surface area (TPSA) is 85.1 Å². The number of aromatic nitrogens is 1.